The fourth-order valence-electron chi connectivity index (χ4n) is 1.42. The van der Waals surface area contributed by atoms with Crippen molar-refractivity contribution in [2.45, 2.75) is 24.6 Å². The molecule has 0 fully saturated rings. The van der Waals surface area contributed by atoms with Crippen LogP contribution >= 0.6 is 12.6 Å². The van der Waals surface area contributed by atoms with E-state index in [9.17, 15) is 18.0 Å². The lowest BCUT2D eigenvalue weighted by Gasteiger charge is -2.13. The van der Waals surface area contributed by atoms with Gasteiger partial charge in [-0.3, -0.25) is 4.79 Å². The number of nitriles is 1. The first kappa shape index (κ1) is 16.2. The molecular weight excluding hydrogens is 295 g/mol. The Balaban J connectivity index is 3.08. The van der Waals surface area contributed by atoms with E-state index in [0.717, 1.165) is 12.1 Å². The minimum atomic E-state index is -4.91. The molecule has 1 aromatic carbocycles. The van der Waals surface area contributed by atoms with Crippen LogP contribution in [0.2, 0.25) is 0 Å². The molecule has 108 valence electrons. The van der Waals surface area contributed by atoms with Crippen LogP contribution in [0.1, 0.15) is 18.1 Å². The average Bonchev–Trinajstić information content (AvgIpc) is 2.31. The van der Waals surface area contributed by atoms with Gasteiger partial charge in [-0.2, -0.15) is 5.26 Å². The highest BCUT2D eigenvalue weighted by molar-refractivity contribution is 7.80. The molecule has 0 N–H and O–H groups in total. The van der Waals surface area contributed by atoms with Crippen LogP contribution in [-0.4, -0.2) is 18.9 Å². The van der Waals surface area contributed by atoms with E-state index in [-0.39, 0.29) is 29.1 Å². The fraction of sp³-hybridized carbons (Fsp3) is 0.333. The van der Waals surface area contributed by atoms with Crippen molar-refractivity contribution in [2.75, 3.05) is 6.61 Å². The molecule has 1 aromatic rings. The second kappa shape index (κ2) is 6.52. The van der Waals surface area contributed by atoms with E-state index >= 15 is 0 Å². The fourth-order valence-corrected chi connectivity index (χ4v) is 1.68. The van der Waals surface area contributed by atoms with Crippen LogP contribution in [0.5, 0.6) is 5.75 Å². The maximum absolute atomic E-state index is 12.2. The predicted molar refractivity (Wildman–Crippen MR) is 65.4 cm³/mol. The highest BCUT2D eigenvalue weighted by Crippen LogP contribution is 2.30. The molecule has 0 atom stereocenters. The molecule has 0 unspecified atom stereocenters. The predicted octanol–water partition coefficient (Wildman–Crippen LogP) is 2.85. The Morgan fingerprint density at radius 1 is 1.45 bits per heavy atom. The standard InChI is InChI=1S/C12H10F3NO3S/c1-2-18-11(17)4-7-3-8(6-16)9(5-10(7)20)19-12(13,14)15/h3,5,20H,2,4H2,1H3. The van der Waals surface area contributed by atoms with E-state index in [2.05, 4.69) is 17.4 Å². The number of hydrogen-bond acceptors (Lipinski definition) is 5. The normalized spacial score (nSPS) is 10.8. The van der Waals surface area contributed by atoms with Gasteiger partial charge in [-0.05, 0) is 24.6 Å². The monoisotopic (exact) mass is 305 g/mol. The Kier molecular flexibility index (Phi) is 5.27. The molecule has 0 bridgehead atoms. The SMILES string of the molecule is CCOC(=O)Cc1cc(C#N)c(OC(F)(F)F)cc1S. The first-order valence-electron chi connectivity index (χ1n) is 5.44. The number of halogens is 3. The smallest absolute Gasteiger partial charge is 0.466 e. The molecule has 0 heterocycles. The summed E-state index contributed by atoms with van der Waals surface area (Å²) in [5.41, 5.74) is -0.0442. The van der Waals surface area contributed by atoms with Gasteiger partial charge in [-0.1, -0.05) is 0 Å². The second-order valence-electron chi connectivity index (χ2n) is 3.62. The number of rotatable bonds is 4. The highest BCUT2D eigenvalue weighted by atomic mass is 32.1. The molecule has 4 nitrogen and oxygen atoms in total. The van der Waals surface area contributed by atoms with Gasteiger partial charge in [-0.15, -0.1) is 25.8 Å². The Morgan fingerprint density at radius 2 is 2.10 bits per heavy atom. The van der Waals surface area contributed by atoms with Crippen LogP contribution in [0.25, 0.3) is 0 Å². The maximum atomic E-state index is 12.2. The van der Waals surface area contributed by atoms with E-state index in [1.807, 2.05) is 0 Å². The van der Waals surface area contributed by atoms with Crippen LogP contribution in [0.4, 0.5) is 13.2 Å². The molecule has 0 aliphatic rings. The quantitative estimate of drug-likeness (QED) is 0.686. The molecule has 1 rings (SSSR count). The summed E-state index contributed by atoms with van der Waals surface area (Å²) in [5.74, 6) is -1.21. The number of carbonyl (C=O) groups excluding carboxylic acids is 1. The zero-order chi connectivity index (χ0) is 15.3. The lowest BCUT2D eigenvalue weighted by atomic mass is 10.1. The van der Waals surface area contributed by atoms with Crippen LogP contribution in [0.15, 0.2) is 17.0 Å². The summed E-state index contributed by atoms with van der Waals surface area (Å²) in [6, 6.07) is 3.65. The molecule has 0 spiro atoms. The van der Waals surface area contributed by atoms with Gasteiger partial charge in [0.05, 0.1) is 18.6 Å². The molecule has 0 aromatic heterocycles. The molecule has 0 saturated carbocycles. The van der Waals surface area contributed by atoms with Crippen molar-refractivity contribution in [1.29, 1.82) is 5.26 Å². The van der Waals surface area contributed by atoms with Crippen LogP contribution in [-0.2, 0) is 16.0 Å². The van der Waals surface area contributed by atoms with Crippen molar-refractivity contribution in [1.82, 2.24) is 0 Å². The van der Waals surface area contributed by atoms with Crippen molar-refractivity contribution in [3.63, 3.8) is 0 Å². The topological polar surface area (TPSA) is 59.3 Å². The largest absolute Gasteiger partial charge is 0.573 e. The van der Waals surface area contributed by atoms with Crippen molar-refractivity contribution in [3.8, 4) is 11.8 Å². The third-order valence-corrected chi connectivity index (χ3v) is 2.58. The minimum Gasteiger partial charge on any atom is -0.466 e. The van der Waals surface area contributed by atoms with Gasteiger partial charge in [0.25, 0.3) is 0 Å². The van der Waals surface area contributed by atoms with Gasteiger partial charge < -0.3 is 9.47 Å². The second-order valence-corrected chi connectivity index (χ2v) is 4.10. The van der Waals surface area contributed by atoms with E-state index < -0.39 is 18.1 Å². The molecular formula is C12H10F3NO3S. The minimum absolute atomic E-state index is 0.108. The summed E-state index contributed by atoms with van der Waals surface area (Å²) in [5, 5.41) is 8.83. The zero-order valence-electron chi connectivity index (χ0n) is 10.3. The summed E-state index contributed by atoms with van der Waals surface area (Å²) in [7, 11) is 0. The summed E-state index contributed by atoms with van der Waals surface area (Å²) < 4.78 is 45.0. The summed E-state index contributed by atoms with van der Waals surface area (Å²) in [4.78, 5) is 11.4. The van der Waals surface area contributed by atoms with E-state index in [0.29, 0.717) is 0 Å². The highest BCUT2D eigenvalue weighted by Gasteiger charge is 2.32. The molecule has 0 radical (unpaired) electrons. The summed E-state index contributed by atoms with van der Waals surface area (Å²) in [6.45, 7) is 1.81. The Hall–Kier alpha value is -1.88. The molecule has 0 aliphatic heterocycles. The number of hydrogen-bond donors (Lipinski definition) is 1. The Morgan fingerprint density at radius 3 is 2.60 bits per heavy atom. The number of carbonyl (C=O) groups is 1. The van der Waals surface area contributed by atoms with Gasteiger partial charge in [0, 0.05) is 4.90 Å². The molecule has 20 heavy (non-hydrogen) atoms. The number of alkyl halides is 3. The molecule has 0 saturated heterocycles. The number of esters is 1. The van der Waals surface area contributed by atoms with Crippen molar-refractivity contribution in [3.05, 3.63) is 23.3 Å². The number of benzene rings is 1. The van der Waals surface area contributed by atoms with Crippen molar-refractivity contribution >= 4 is 18.6 Å². The lowest BCUT2D eigenvalue weighted by Crippen LogP contribution is -2.18. The zero-order valence-corrected chi connectivity index (χ0v) is 11.2. The van der Waals surface area contributed by atoms with Crippen molar-refractivity contribution < 1.29 is 27.4 Å². The van der Waals surface area contributed by atoms with Crippen LogP contribution < -0.4 is 4.74 Å². The molecule has 8 heteroatoms. The maximum Gasteiger partial charge on any atom is 0.573 e. The van der Waals surface area contributed by atoms with E-state index in [1.54, 1.807) is 13.0 Å². The molecule has 0 amide bonds. The summed E-state index contributed by atoms with van der Waals surface area (Å²) >= 11 is 3.98. The first-order valence-corrected chi connectivity index (χ1v) is 5.89. The van der Waals surface area contributed by atoms with Gasteiger partial charge in [-0.25, -0.2) is 0 Å². The number of thiol groups is 1. The van der Waals surface area contributed by atoms with Gasteiger partial charge in [0.2, 0.25) is 0 Å². The lowest BCUT2D eigenvalue weighted by molar-refractivity contribution is -0.274. The molecule has 0 aliphatic carbocycles. The number of nitrogens with zero attached hydrogens (tertiary/aromatic N) is 1. The third-order valence-electron chi connectivity index (χ3n) is 2.17. The van der Waals surface area contributed by atoms with Crippen molar-refractivity contribution in [2.24, 2.45) is 0 Å². The average molecular weight is 305 g/mol. The summed E-state index contributed by atoms with van der Waals surface area (Å²) in [6.07, 6.45) is -5.10. The van der Waals surface area contributed by atoms with Crippen LogP contribution in [0, 0.1) is 11.3 Å². The van der Waals surface area contributed by atoms with E-state index in [1.165, 1.54) is 0 Å². The van der Waals surface area contributed by atoms with Gasteiger partial charge in [0.1, 0.15) is 11.8 Å². The van der Waals surface area contributed by atoms with E-state index in [4.69, 9.17) is 10.00 Å². The first-order chi connectivity index (χ1) is 9.26. The van der Waals surface area contributed by atoms with Crippen LogP contribution in [0.3, 0.4) is 0 Å². The Bertz CT molecular complexity index is 552. The third kappa shape index (κ3) is 4.66. The van der Waals surface area contributed by atoms with Gasteiger partial charge >= 0.3 is 12.3 Å². The number of ether oxygens (including phenoxy) is 2. The van der Waals surface area contributed by atoms with Gasteiger partial charge in [0.15, 0.2) is 0 Å². The Labute approximate surface area is 118 Å².